The first-order chi connectivity index (χ1) is 14.5. The van der Waals surface area contributed by atoms with Gasteiger partial charge in [-0.1, -0.05) is 59.8 Å². The second-order valence-electron chi connectivity index (χ2n) is 11.8. The van der Waals surface area contributed by atoms with Gasteiger partial charge in [-0.2, -0.15) is 0 Å². The maximum atomic E-state index is 6.79. The maximum Gasteiger partial charge on any atom is 0.192 e. The molecule has 0 bridgehead atoms. The van der Waals surface area contributed by atoms with Crippen molar-refractivity contribution in [1.82, 2.24) is 0 Å². The van der Waals surface area contributed by atoms with Crippen molar-refractivity contribution in [2.24, 2.45) is 0 Å². The SMILES string of the molecule is C=C[C@H](C[C@@H](COCc1ccc(OC)cc1)O[Si](C)(C)C(C)(C)C)O[Si](C)(C)C(C)(C)C. The Morgan fingerprint density at radius 2 is 1.38 bits per heavy atom. The number of hydrogen-bond acceptors (Lipinski definition) is 4. The Balaban J connectivity index is 2.91. The minimum atomic E-state index is -1.96. The van der Waals surface area contributed by atoms with E-state index in [-0.39, 0.29) is 22.3 Å². The third-order valence-electron chi connectivity index (χ3n) is 7.01. The van der Waals surface area contributed by atoms with Gasteiger partial charge in [0.05, 0.1) is 32.5 Å². The zero-order valence-electron chi connectivity index (χ0n) is 22.5. The van der Waals surface area contributed by atoms with Crippen LogP contribution in [-0.2, 0) is 20.2 Å². The average molecular weight is 481 g/mol. The molecule has 1 aromatic carbocycles. The van der Waals surface area contributed by atoms with E-state index >= 15 is 0 Å². The zero-order valence-corrected chi connectivity index (χ0v) is 24.5. The van der Waals surface area contributed by atoms with E-state index in [1.165, 1.54) is 0 Å². The van der Waals surface area contributed by atoms with E-state index in [2.05, 4.69) is 74.3 Å². The zero-order chi connectivity index (χ0) is 24.8. The highest BCUT2D eigenvalue weighted by molar-refractivity contribution is 6.74. The largest absolute Gasteiger partial charge is 0.497 e. The quantitative estimate of drug-likeness (QED) is 0.228. The molecule has 2 atom stereocenters. The van der Waals surface area contributed by atoms with Crippen molar-refractivity contribution >= 4 is 16.6 Å². The fourth-order valence-electron chi connectivity index (χ4n) is 2.78. The van der Waals surface area contributed by atoms with Crippen molar-refractivity contribution in [3.8, 4) is 5.75 Å². The Morgan fingerprint density at radius 1 is 0.875 bits per heavy atom. The van der Waals surface area contributed by atoms with Crippen molar-refractivity contribution < 1.29 is 18.3 Å². The van der Waals surface area contributed by atoms with Crippen LogP contribution in [0.5, 0.6) is 5.75 Å². The normalized spacial score (nSPS) is 15.3. The van der Waals surface area contributed by atoms with Crippen LogP contribution in [0.15, 0.2) is 36.9 Å². The number of ether oxygens (including phenoxy) is 2. The van der Waals surface area contributed by atoms with Crippen molar-refractivity contribution in [2.45, 2.75) is 103 Å². The summed E-state index contributed by atoms with van der Waals surface area (Å²) in [5, 5.41) is 0.278. The van der Waals surface area contributed by atoms with Crippen LogP contribution in [-0.4, -0.2) is 42.6 Å². The molecule has 0 aromatic heterocycles. The van der Waals surface area contributed by atoms with Crippen LogP contribution >= 0.6 is 0 Å². The molecule has 184 valence electrons. The van der Waals surface area contributed by atoms with Crippen LogP contribution in [0.2, 0.25) is 36.3 Å². The Labute approximate surface area is 200 Å². The summed E-state index contributed by atoms with van der Waals surface area (Å²) in [6.07, 6.45) is 2.61. The molecule has 0 unspecified atom stereocenters. The lowest BCUT2D eigenvalue weighted by molar-refractivity contribution is 0.0161. The number of benzene rings is 1. The Bertz CT molecular complexity index is 700. The molecular formula is C26H48O4Si2. The van der Waals surface area contributed by atoms with E-state index < -0.39 is 16.6 Å². The number of hydrogen-bond donors (Lipinski definition) is 0. The Hall–Kier alpha value is -0.926. The smallest absolute Gasteiger partial charge is 0.192 e. The lowest BCUT2D eigenvalue weighted by atomic mass is 10.1. The summed E-state index contributed by atoms with van der Waals surface area (Å²) in [4.78, 5) is 0. The van der Waals surface area contributed by atoms with Crippen LogP contribution in [0, 0.1) is 0 Å². The standard InChI is InChI=1S/C26H48O4Si2/c1-13-22(29-31(9,10)25(2,3)4)18-24(30-32(11,12)26(5,6)7)20-28-19-21-14-16-23(27-8)17-15-21/h13-17,22,24H,1,18-20H2,2-12H3/t22-,24+/m1/s1. The van der Waals surface area contributed by atoms with Crippen molar-refractivity contribution in [2.75, 3.05) is 13.7 Å². The van der Waals surface area contributed by atoms with Crippen molar-refractivity contribution in [3.63, 3.8) is 0 Å². The van der Waals surface area contributed by atoms with E-state index in [4.69, 9.17) is 18.3 Å². The Kier molecular flexibility index (Phi) is 10.4. The van der Waals surface area contributed by atoms with Crippen LogP contribution in [0.3, 0.4) is 0 Å². The van der Waals surface area contributed by atoms with Crippen LogP contribution in [0.4, 0.5) is 0 Å². The molecule has 0 amide bonds. The van der Waals surface area contributed by atoms with Gasteiger partial charge in [-0.05, 0) is 54.0 Å². The highest BCUT2D eigenvalue weighted by Crippen LogP contribution is 2.40. The van der Waals surface area contributed by atoms with Gasteiger partial charge in [-0.15, -0.1) is 6.58 Å². The molecule has 6 heteroatoms. The number of methoxy groups -OCH3 is 1. The second kappa shape index (κ2) is 11.5. The monoisotopic (exact) mass is 480 g/mol. The summed E-state index contributed by atoms with van der Waals surface area (Å²) in [7, 11) is -2.19. The topological polar surface area (TPSA) is 36.9 Å². The predicted molar refractivity (Wildman–Crippen MR) is 142 cm³/mol. The molecule has 32 heavy (non-hydrogen) atoms. The molecule has 0 fully saturated rings. The molecule has 0 aliphatic heterocycles. The summed E-state index contributed by atoms with van der Waals surface area (Å²) in [6.45, 7) is 27.9. The van der Waals surface area contributed by atoms with E-state index in [0.717, 1.165) is 17.7 Å². The molecule has 0 spiro atoms. The van der Waals surface area contributed by atoms with Crippen LogP contribution in [0.1, 0.15) is 53.5 Å². The molecule has 0 aliphatic carbocycles. The molecule has 0 radical (unpaired) electrons. The van der Waals surface area contributed by atoms with E-state index in [0.29, 0.717) is 13.2 Å². The van der Waals surface area contributed by atoms with Gasteiger partial charge in [0, 0.05) is 6.42 Å². The molecular weight excluding hydrogens is 432 g/mol. The van der Waals surface area contributed by atoms with Gasteiger partial charge in [-0.3, -0.25) is 0 Å². The third kappa shape index (κ3) is 8.78. The Morgan fingerprint density at radius 3 is 1.81 bits per heavy atom. The fraction of sp³-hybridized carbons (Fsp3) is 0.692. The van der Waals surface area contributed by atoms with Crippen molar-refractivity contribution in [1.29, 1.82) is 0 Å². The van der Waals surface area contributed by atoms with Gasteiger partial charge in [0.2, 0.25) is 0 Å². The molecule has 0 heterocycles. The third-order valence-corrected chi connectivity index (χ3v) is 16.0. The lowest BCUT2D eigenvalue weighted by Gasteiger charge is -2.42. The highest BCUT2D eigenvalue weighted by atomic mass is 28.4. The predicted octanol–water partition coefficient (Wildman–Crippen LogP) is 7.57. The summed E-state index contributed by atoms with van der Waals surface area (Å²) in [5.74, 6) is 0.851. The molecule has 0 saturated carbocycles. The van der Waals surface area contributed by atoms with E-state index in [1.807, 2.05) is 30.3 Å². The van der Waals surface area contributed by atoms with Crippen LogP contribution in [0.25, 0.3) is 0 Å². The minimum Gasteiger partial charge on any atom is -0.497 e. The first-order valence-electron chi connectivity index (χ1n) is 11.7. The van der Waals surface area contributed by atoms with Gasteiger partial charge in [0.15, 0.2) is 16.6 Å². The molecule has 1 aromatic rings. The first kappa shape index (κ1) is 29.1. The fourth-order valence-corrected chi connectivity index (χ4v) is 5.43. The van der Waals surface area contributed by atoms with Gasteiger partial charge < -0.3 is 18.3 Å². The van der Waals surface area contributed by atoms with Crippen LogP contribution < -0.4 is 4.74 Å². The van der Waals surface area contributed by atoms with E-state index in [9.17, 15) is 0 Å². The summed E-state index contributed by atoms with van der Waals surface area (Å²) >= 11 is 0. The van der Waals surface area contributed by atoms with E-state index in [1.54, 1.807) is 7.11 Å². The molecule has 0 N–H and O–H groups in total. The van der Waals surface area contributed by atoms with Gasteiger partial charge in [-0.25, -0.2) is 0 Å². The molecule has 0 saturated heterocycles. The minimum absolute atomic E-state index is 0.0399. The lowest BCUT2D eigenvalue weighted by Crippen LogP contribution is -2.48. The summed E-state index contributed by atoms with van der Waals surface area (Å²) in [6, 6.07) is 8.00. The molecule has 4 nitrogen and oxygen atoms in total. The molecule has 1 rings (SSSR count). The number of rotatable bonds is 12. The maximum absolute atomic E-state index is 6.79. The first-order valence-corrected chi connectivity index (χ1v) is 17.5. The van der Waals surface area contributed by atoms with Gasteiger partial charge >= 0.3 is 0 Å². The highest BCUT2D eigenvalue weighted by Gasteiger charge is 2.41. The van der Waals surface area contributed by atoms with Gasteiger partial charge in [0.25, 0.3) is 0 Å². The van der Waals surface area contributed by atoms with Crippen molar-refractivity contribution in [3.05, 3.63) is 42.5 Å². The van der Waals surface area contributed by atoms with Gasteiger partial charge in [0.1, 0.15) is 5.75 Å². The summed E-state index contributed by atoms with van der Waals surface area (Å²) < 4.78 is 24.8. The second-order valence-corrected chi connectivity index (χ2v) is 21.3. The average Bonchev–Trinajstić information content (AvgIpc) is 2.65. The molecule has 0 aliphatic rings. The summed E-state index contributed by atoms with van der Waals surface area (Å²) in [5.41, 5.74) is 1.12.